The van der Waals surface area contributed by atoms with Crippen LogP contribution >= 0.6 is 0 Å². The Morgan fingerprint density at radius 2 is 2.12 bits per heavy atom. The van der Waals surface area contributed by atoms with Gasteiger partial charge in [-0.15, -0.1) is 0 Å². The molecule has 1 N–H and O–H groups in total. The van der Waals surface area contributed by atoms with Gasteiger partial charge in [0.25, 0.3) is 0 Å². The molecule has 0 amide bonds. The van der Waals surface area contributed by atoms with Gasteiger partial charge in [-0.25, -0.2) is 4.98 Å². The maximum absolute atomic E-state index is 4.51. The molecule has 1 saturated heterocycles. The van der Waals surface area contributed by atoms with Crippen molar-refractivity contribution in [1.82, 2.24) is 29.4 Å². The summed E-state index contributed by atoms with van der Waals surface area (Å²) in [6.07, 6.45) is 8.55. The van der Waals surface area contributed by atoms with Gasteiger partial charge in [-0.1, -0.05) is 6.07 Å². The molecule has 0 radical (unpaired) electrons. The quantitative estimate of drug-likeness (QED) is 0.767. The smallest absolute Gasteiger partial charge is 0.136 e. The molecule has 6 nitrogen and oxygen atoms in total. The zero-order valence-electron chi connectivity index (χ0n) is 15.9. The molecular formula is C20H28N6. The minimum absolute atomic E-state index is 0.424. The largest absolute Gasteiger partial charge is 0.311 e. The number of imidazole rings is 1. The van der Waals surface area contributed by atoms with Crippen LogP contribution in [0.1, 0.15) is 35.8 Å². The van der Waals surface area contributed by atoms with Crippen molar-refractivity contribution in [2.24, 2.45) is 13.0 Å². The van der Waals surface area contributed by atoms with Crippen LogP contribution in [-0.2, 0) is 13.6 Å². The van der Waals surface area contributed by atoms with Gasteiger partial charge in [0, 0.05) is 32.5 Å². The summed E-state index contributed by atoms with van der Waals surface area (Å²) < 4.78 is 4.21. The molecule has 0 bridgehead atoms. The zero-order chi connectivity index (χ0) is 18.1. The number of piperidine rings is 1. The molecule has 3 aromatic rings. The first-order chi connectivity index (χ1) is 12.6. The second-order valence-electron chi connectivity index (χ2n) is 7.52. The minimum Gasteiger partial charge on any atom is -0.311 e. The molecule has 138 valence electrons. The van der Waals surface area contributed by atoms with Crippen LogP contribution < -0.4 is 5.32 Å². The summed E-state index contributed by atoms with van der Waals surface area (Å²) in [5.41, 5.74) is 4.79. The monoisotopic (exact) mass is 352 g/mol. The summed E-state index contributed by atoms with van der Waals surface area (Å²) in [5.74, 6) is 0.588. The van der Waals surface area contributed by atoms with E-state index in [9.17, 15) is 0 Å². The molecule has 3 aromatic heterocycles. The number of hydrogen-bond donors (Lipinski definition) is 1. The number of aryl methyl sites for hydroxylation is 2. The van der Waals surface area contributed by atoms with E-state index in [0.29, 0.717) is 12.0 Å². The van der Waals surface area contributed by atoms with Crippen LogP contribution in [0.2, 0.25) is 0 Å². The number of pyridine rings is 1. The highest BCUT2D eigenvalue weighted by Gasteiger charge is 2.32. The van der Waals surface area contributed by atoms with Gasteiger partial charge in [0.15, 0.2) is 0 Å². The van der Waals surface area contributed by atoms with Crippen molar-refractivity contribution < 1.29 is 0 Å². The third kappa shape index (κ3) is 3.27. The number of rotatable bonds is 5. The number of nitrogens with zero attached hydrogens (tertiary/aromatic N) is 5. The Balaban J connectivity index is 1.45. The van der Waals surface area contributed by atoms with Crippen LogP contribution in [0.3, 0.4) is 0 Å². The highest BCUT2D eigenvalue weighted by molar-refractivity contribution is 5.41. The molecule has 26 heavy (non-hydrogen) atoms. The van der Waals surface area contributed by atoms with E-state index in [4.69, 9.17) is 0 Å². The predicted molar refractivity (Wildman–Crippen MR) is 103 cm³/mol. The molecule has 1 aliphatic rings. The average Bonchev–Trinajstić information content (AvgIpc) is 3.21. The molecule has 1 aliphatic heterocycles. The van der Waals surface area contributed by atoms with Crippen LogP contribution in [-0.4, -0.2) is 44.2 Å². The number of aromatic nitrogens is 4. The normalized spacial score (nSPS) is 21.5. The molecule has 6 heteroatoms. The maximum Gasteiger partial charge on any atom is 0.136 e. The number of nitrogens with one attached hydrogen (secondary N) is 1. The Morgan fingerprint density at radius 1 is 1.23 bits per heavy atom. The number of hydrogen-bond acceptors (Lipinski definition) is 4. The lowest BCUT2D eigenvalue weighted by Gasteiger charge is -2.39. The lowest BCUT2D eigenvalue weighted by molar-refractivity contribution is 0.112. The molecule has 2 atom stereocenters. The van der Waals surface area contributed by atoms with Crippen LogP contribution in [0, 0.1) is 12.8 Å². The minimum atomic E-state index is 0.424. The molecule has 0 aliphatic carbocycles. The Hall–Kier alpha value is -2.18. The molecule has 1 fully saturated rings. The van der Waals surface area contributed by atoms with Gasteiger partial charge in [-0.3, -0.25) is 9.58 Å². The summed E-state index contributed by atoms with van der Waals surface area (Å²) in [5, 5.41) is 8.07. The molecular weight excluding hydrogens is 324 g/mol. The average molecular weight is 352 g/mol. The highest BCUT2D eigenvalue weighted by Crippen LogP contribution is 2.34. The first-order valence-electron chi connectivity index (χ1n) is 9.45. The van der Waals surface area contributed by atoms with Gasteiger partial charge in [0.2, 0.25) is 0 Å². The van der Waals surface area contributed by atoms with E-state index in [0.717, 1.165) is 25.3 Å². The second-order valence-corrected chi connectivity index (χ2v) is 7.52. The fourth-order valence-corrected chi connectivity index (χ4v) is 4.27. The van der Waals surface area contributed by atoms with E-state index in [-0.39, 0.29) is 0 Å². The maximum atomic E-state index is 4.51. The molecule has 4 heterocycles. The summed E-state index contributed by atoms with van der Waals surface area (Å²) in [6.45, 7) is 5.11. The van der Waals surface area contributed by atoms with E-state index in [1.165, 1.54) is 29.8 Å². The number of fused-ring (bicyclic) bond motifs is 1. The van der Waals surface area contributed by atoms with Crippen LogP contribution in [0.4, 0.5) is 0 Å². The van der Waals surface area contributed by atoms with Crippen LogP contribution in [0.15, 0.2) is 36.8 Å². The Labute approximate surface area is 154 Å². The van der Waals surface area contributed by atoms with E-state index in [2.05, 4.69) is 63.1 Å². The lowest BCUT2D eigenvalue weighted by Crippen LogP contribution is -2.41. The van der Waals surface area contributed by atoms with Crippen molar-refractivity contribution in [3.63, 3.8) is 0 Å². The van der Waals surface area contributed by atoms with Gasteiger partial charge in [0.05, 0.1) is 23.6 Å². The summed E-state index contributed by atoms with van der Waals surface area (Å²) in [6, 6.07) is 6.77. The lowest BCUT2D eigenvalue weighted by atomic mass is 9.87. The summed E-state index contributed by atoms with van der Waals surface area (Å²) in [7, 11) is 4.28. The molecule has 0 aromatic carbocycles. The zero-order valence-corrected chi connectivity index (χ0v) is 15.9. The van der Waals surface area contributed by atoms with Crippen molar-refractivity contribution in [2.75, 3.05) is 20.1 Å². The van der Waals surface area contributed by atoms with Crippen molar-refractivity contribution >= 4 is 5.65 Å². The van der Waals surface area contributed by atoms with Crippen molar-refractivity contribution in [2.45, 2.75) is 32.4 Å². The second kappa shape index (κ2) is 7.21. The first kappa shape index (κ1) is 17.2. The van der Waals surface area contributed by atoms with Gasteiger partial charge in [-0.05, 0) is 57.0 Å². The topological polar surface area (TPSA) is 50.4 Å². The molecule has 0 spiro atoms. The fraction of sp³-hybridized carbons (Fsp3) is 0.500. The van der Waals surface area contributed by atoms with E-state index >= 15 is 0 Å². The van der Waals surface area contributed by atoms with Crippen LogP contribution in [0.5, 0.6) is 0 Å². The first-order valence-corrected chi connectivity index (χ1v) is 9.45. The standard InChI is InChI=1S/C20H28N6/c1-15-6-7-19-22-13-17(26(19)14-15)12-21-11-16-5-4-10-24(2)20(16)18-8-9-23-25(18)3/h6-9,13-14,16,20-21H,4-5,10-12H2,1-3H3/t16-,20+/m0/s1. The number of likely N-dealkylation sites (tertiary alicyclic amines) is 1. The van der Waals surface area contributed by atoms with Gasteiger partial charge >= 0.3 is 0 Å². The van der Waals surface area contributed by atoms with Gasteiger partial charge in [0.1, 0.15) is 5.65 Å². The third-order valence-electron chi connectivity index (χ3n) is 5.61. The summed E-state index contributed by atoms with van der Waals surface area (Å²) in [4.78, 5) is 6.98. The Kier molecular flexibility index (Phi) is 4.78. The highest BCUT2D eigenvalue weighted by atomic mass is 15.3. The Bertz CT molecular complexity index is 879. The van der Waals surface area contributed by atoms with Crippen molar-refractivity contribution in [3.05, 3.63) is 53.7 Å². The predicted octanol–water partition coefficient (Wildman–Crippen LogP) is 2.55. The van der Waals surface area contributed by atoms with Crippen LogP contribution in [0.25, 0.3) is 5.65 Å². The summed E-state index contributed by atoms with van der Waals surface area (Å²) >= 11 is 0. The van der Waals surface area contributed by atoms with Crippen molar-refractivity contribution in [3.8, 4) is 0 Å². The van der Waals surface area contributed by atoms with Gasteiger partial charge in [-0.2, -0.15) is 5.10 Å². The van der Waals surface area contributed by atoms with E-state index in [1.54, 1.807) is 0 Å². The molecule has 4 rings (SSSR count). The van der Waals surface area contributed by atoms with E-state index < -0.39 is 0 Å². The SMILES string of the molecule is Cc1ccc2ncc(CNC[C@@H]3CCCN(C)[C@H]3c3ccnn3C)n2c1. The fourth-order valence-electron chi connectivity index (χ4n) is 4.27. The van der Waals surface area contributed by atoms with Gasteiger partial charge < -0.3 is 9.72 Å². The molecule has 0 saturated carbocycles. The molecule has 0 unspecified atom stereocenters. The Morgan fingerprint density at radius 3 is 2.92 bits per heavy atom. The van der Waals surface area contributed by atoms with E-state index in [1.807, 2.05) is 24.1 Å². The van der Waals surface area contributed by atoms with Crippen molar-refractivity contribution in [1.29, 1.82) is 0 Å². The third-order valence-corrected chi connectivity index (χ3v) is 5.61.